The second kappa shape index (κ2) is 8.38. The second-order valence-corrected chi connectivity index (χ2v) is 9.99. The first-order valence-corrected chi connectivity index (χ1v) is 11.0. The van der Waals surface area contributed by atoms with E-state index in [-0.39, 0.29) is 41.5 Å². The number of carbonyl (C=O) groups is 1. The molecule has 29 heavy (non-hydrogen) atoms. The molecular weight excluding hydrogens is 422 g/mol. The van der Waals surface area contributed by atoms with Crippen molar-refractivity contribution in [3.63, 3.8) is 0 Å². The smallest absolute Gasteiger partial charge is 0.234 e. The van der Waals surface area contributed by atoms with E-state index in [0.717, 1.165) is 18.2 Å². The van der Waals surface area contributed by atoms with Gasteiger partial charge in [0.05, 0.1) is 4.90 Å². The highest BCUT2D eigenvalue weighted by Crippen LogP contribution is 2.49. The molecule has 0 radical (unpaired) electrons. The van der Waals surface area contributed by atoms with E-state index in [1.54, 1.807) is 0 Å². The third-order valence-corrected chi connectivity index (χ3v) is 8.41. The average molecular weight is 443 g/mol. The van der Waals surface area contributed by atoms with Crippen LogP contribution >= 0.6 is 11.6 Å². The highest BCUT2D eigenvalue weighted by Gasteiger charge is 2.50. The number of hydrogen-bond acceptors (Lipinski definition) is 4. The molecule has 3 N–H and O–H groups in total. The van der Waals surface area contributed by atoms with Gasteiger partial charge in [-0.2, -0.15) is 0 Å². The van der Waals surface area contributed by atoms with Crippen molar-refractivity contribution in [2.75, 3.05) is 0 Å². The van der Waals surface area contributed by atoms with Crippen LogP contribution in [0.15, 0.2) is 47.4 Å². The van der Waals surface area contributed by atoms with Gasteiger partial charge in [-0.3, -0.25) is 10.2 Å². The number of benzene rings is 2. The zero-order chi connectivity index (χ0) is 21.2. The number of carbonyl (C=O) groups excluding carboxylic acids is 1. The molecule has 1 fully saturated rings. The number of nitrogens with two attached hydrogens (primary N) is 1. The zero-order valence-corrected chi connectivity index (χ0v) is 17.1. The van der Waals surface area contributed by atoms with Crippen molar-refractivity contribution in [2.45, 2.75) is 41.7 Å². The molecule has 0 aromatic heterocycles. The Hall–Kier alpha value is -2.03. The monoisotopic (exact) mass is 442 g/mol. The largest absolute Gasteiger partial charge is 0.294 e. The molecule has 1 aliphatic carbocycles. The van der Waals surface area contributed by atoms with Crippen LogP contribution in [-0.2, 0) is 19.4 Å². The minimum Gasteiger partial charge on any atom is -0.294 e. The van der Waals surface area contributed by atoms with Gasteiger partial charge in [-0.05, 0) is 74.1 Å². The van der Waals surface area contributed by atoms with Gasteiger partial charge < -0.3 is 0 Å². The van der Waals surface area contributed by atoms with Crippen LogP contribution in [0, 0.1) is 17.6 Å². The summed E-state index contributed by atoms with van der Waals surface area (Å²) >= 11 is 5.87. The third kappa shape index (κ3) is 4.15. The van der Waals surface area contributed by atoms with E-state index in [9.17, 15) is 22.0 Å². The predicted molar refractivity (Wildman–Crippen MR) is 106 cm³/mol. The molecule has 0 heterocycles. The summed E-state index contributed by atoms with van der Waals surface area (Å²) in [6.07, 6.45) is 0.979. The van der Waals surface area contributed by atoms with Crippen molar-refractivity contribution in [2.24, 2.45) is 11.8 Å². The molecule has 1 saturated carbocycles. The van der Waals surface area contributed by atoms with Crippen LogP contribution in [0.5, 0.6) is 0 Å². The topological polar surface area (TPSA) is 89.3 Å². The summed E-state index contributed by atoms with van der Waals surface area (Å²) in [6, 6.07) is 8.48. The molecule has 0 saturated heterocycles. The Labute approximate surface area is 173 Å². The number of nitrogens with one attached hydrogen (secondary N) is 1. The summed E-state index contributed by atoms with van der Waals surface area (Å²) in [4.78, 5) is 11.6. The molecule has 156 valence electrons. The van der Waals surface area contributed by atoms with Crippen LogP contribution in [0.2, 0.25) is 5.02 Å². The molecule has 0 aliphatic heterocycles. The maximum Gasteiger partial charge on any atom is 0.234 e. The van der Waals surface area contributed by atoms with Gasteiger partial charge in [0.25, 0.3) is 0 Å². The van der Waals surface area contributed by atoms with Gasteiger partial charge >= 0.3 is 0 Å². The highest BCUT2D eigenvalue weighted by molar-refractivity contribution is 7.92. The van der Waals surface area contributed by atoms with Gasteiger partial charge in [-0.1, -0.05) is 11.6 Å². The third-order valence-electron chi connectivity index (χ3n) is 5.61. The Balaban J connectivity index is 2.07. The molecule has 1 amide bonds. The quantitative estimate of drug-likeness (QED) is 0.418. The fourth-order valence-electron chi connectivity index (χ4n) is 4.04. The average Bonchev–Trinajstić information content (AvgIpc) is 2.70. The molecule has 2 aromatic carbocycles. The van der Waals surface area contributed by atoms with E-state index >= 15 is 0 Å². The Morgan fingerprint density at radius 1 is 1.14 bits per heavy atom. The van der Waals surface area contributed by atoms with Crippen LogP contribution in [0.3, 0.4) is 0 Å². The van der Waals surface area contributed by atoms with Crippen molar-refractivity contribution in [3.8, 4) is 0 Å². The Morgan fingerprint density at radius 3 is 2.34 bits per heavy atom. The normalized spacial score (nSPS) is 22.3. The van der Waals surface area contributed by atoms with E-state index in [1.165, 1.54) is 24.3 Å². The van der Waals surface area contributed by atoms with E-state index in [0.29, 0.717) is 17.9 Å². The first-order valence-electron chi connectivity index (χ1n) is 9.15. The molecule has 5 nitrogen and oxygen atoms in total. The van der Waals surface area contributed by atoms with Crippen LogP contribution < -0.4 is 11.3 Å². The summed E-state index contributed by atoms with van der Waals surface area (Å²) in [7, 11) is -4.08. The molecule has 0 unspecified atom stereocenters. The van der Waals surface area contributed by atoms with Gasteiger partial charge in [0.15, 0.2) is 9.84 Å². The van der Waals surface area contributed by atoms with Gasteiger partial charge in [-0.15, -0.1) is 0 Å². The number of hydrogen-bond donors (Lipinski definition) is 2. The van der Waals surface area contributed by atoms with Gasteiger partial charge in [0, 0.05) is 17.0 Å². The van der Waals surface area contributed by atoms with E-state index in [4.69, 9.17) is 17.4 Å². The van der Waals surface area contributed by atoms with Crippen LogP contribution in [0.1, 0.15) is 37.7 Å². The first-order chi connectivity index (χ1) is 13.7. The molecular formula is C20H21ClF2N2O3S. The lowest BCUT2D eigenvalue weighted by Crippen LogP contribution is -2.41. The maximum atomic E-state index is 14.7. The second-order valence-electron chi connectivity index (χ2n) is 7.29. The lowest BCUT2D eigenvalue weighted by Gasteiger charge is -2.40. The van der Waals surface area contributed by atoms with E-state index < -0.39 is 26.2 Å². The van der Waals surface area contributed by atoms with Crippen LogP contribution in [0.4, 0.5) is 8.78 Å². The summed E-state index contributed by atoms with van der Waals surface area (Å²) < 4.78 is 54.3. The van der Waals surface area contributed by atoms with Crippen molar-refractivity contribution >= 4 is 27.3 Å². The molecule has 3 rings (SSSR count). The van der Waals surface area contributed by atoms with Crippen molar-refractivity contribution in [1.82, 2.24) is 5.43 Å². The van der Waals surface area contributed by atoms with Crippen molar-refractivity contribution in [3.05, 3.63) is 64.7 Å². The Morgan fingerprint density at radius 2 is 1.76 bits per heavy atom. The molecule has 9 heteroatoms. The van der Waals surface area contributed by atoms with Crippen molar-refractivity contribution < 1.29 is 22.0 Å². The van der Waals surface area contributed by atoms with Gasteiger partial charge in [0.2, 0.25) is 5.91 Å². The fraction of sp³-hybridized carbons (Fsp3) is 0.350. The SMILES string of the molecule is NNC(=O)C[C@H]1CC[C@@](c2cc(F)ccc2F)(S(=O)(=O)c2ccc(Cl)cc2)CC1. The van der Waals surface area contributed by atoms with Gasteiger partial charge in [0.1, 0.15) is 16.4 Å². The summed E-state index contributed by atoms with van der Waals surface area (Å²) in [5, 5.41) is 0.367. The zero-order valence-electron chi connectivity index (χ0n) is 15.5. The number of halogens is 3. The molecule has 2 aromatic rings. The maximum absolute atomic E-state index is 14.7. The Kier molecular flexibility index (Phi) is 6.26. The van der Waals surface area contributed by atoms with E-state index in [1.807, 2.05) is 0 Å². The van der Waals surface area contributed by atoms with Crippen LogP contribution in [-0.4, -0.2) is 14.3 Å². The molecule has 0 spiro atoms. The number of sulfone groups is 1. The first kappa shape index (κ1) is 21.7. The van der Waals surface area contributed by atoms with Crippen molar-refractivity contribution in [1.29, 1.82) is 0 Å². The number of hydrazine groups is 1. The highest BCUT2D eigenvalue weighted by atomic mass is 35.5. The van der Waals surface area contributed by atoms with E-state index in [2.05, 4.69) is 5.43 Å². The fourth-order valence-corrected chi connectivity index (χ4v) is 6.33. The van der Waals surface area contributed by atoms with Crippen LogP contribution in [0.25, 0.3) is 0 Å². The molecule has 1 aliphatic rings. The molecule has 0 atom stereocenters. The number of rotatable bonds is 5. The lowest BCUT2D eigenvalue weighted by atomic mass is 9.76. The summed E-state index contributed by atoms with van der Waals surface area (Å²) in [5.74, 6) is 3.20. The minimum absolute atomic E-state index is 0.0105. The summed E-state index contributed by atoms with van der Waals surface area (Å²) in [6.45, 7) is 0. The standard InChI is InChI=1S/C20H21ClF2N2O3S/c21-14-1-4-16(5-2-14)29(27,28)20(17-12-15(22)3-6-18(17)23)9-7-13(8-10-20)11-19(26)25-24/h1-6,12-13H,7-11,24H2,(H,25,26)/t13-,20+. The Bertz CT molecular complexity index is 1000. The lowest BCUT2D eigenvalue weighted by molar-refractivity contribution is -0.122. The molecule has 0 bridgehead atoms. The van der Waals surface area contributed by atoms with Gasteiger partial charge in [-0.25, -0.2) is 23.0 Å². The summed E-state index contributed by atoms with van der Waals surface area (Å²) in [5.41, 5.74) is 1.88. The minimum atomic E-state index is -4.08. The predicted octanol–water partition coefficient (Wildman–Crippen LogP) is 3.86. The number of amides is 1.